The Kier molecular flexibility index (Phi) is 4.10. The molecule has 24 heavy (non-hydrogen) atoms. The van der Waals surface area contributed by atoms with Crippen molar-refractivity contribution < 1.29 is 18.8 Å². The van der Waals surface area contributed by atoms with Gasteiger partial charge >= 0.3 is 13.1 Å². The van der Waals surface area contributed by atoms with Crippen LogP contribution in [0.3, 0.4) is 0 Å². The van der Waals surface area contributed by atoms with E-state index >= 15 is 0 Å². The number of esters is 1. The number of aromatic nitrogens is 1. The number of halogens is 1. The van der Waals surface area contributed by atoms with Gasteiger partial charge in [-0.15, -0.1) is 0 Å². The number of benzene rings is 1. The number of rotatable bonds is 2. The molecule has 0 aliphatic carbocycles. The van der Waals surface area contributed by atoms with Gasteiger partial charge in [-0.2, -0.15) is 0 Å². The smallest absolute Gasteiger partial charge is 0.465 e. The van der Waals surface area contributed by atoms with Gasteiger partial charge in [-0.3, -0.25) is 4.98 Å². The highest BCUT2D eigenvalue weighted by molar-refractivity contribution is 6.62. The van der Waals surface area contributed by atoms with Crippen LogP contribution in [0.4, 0.5) is 0 Å². The Labute approximate surface area is 146 Å². The van der Waals surface area contributed by atoms with Crippen molar-refractivity contribution in [3.8, 4) is 0 Å². The molecule has 3 rings (SSSR count). The third-order valence-electron chi connectivity index (χ3n) is 4.70. The lowest BCUT2D eigenvalue weighted by Crippen LogP contribution is -2.41. The fourth-order valence-corrected chi connectivity index (χ4v) is 2.83. The normalized spacial score (nSPS) is 18.8. The molecule has 7 heteroatoms. The van der Waals surface area contributed by atoms with Crippen LogP contribution in [0.25, 0.3) is 10.9 Å². The van der Waals surface area contributed by atoms with E-state index in [1.165, 1.54) is 7.11 Å². The lowest BCUT2D eigenvalue weighted by molar-refractivity contribution is 0.00578. The van der Waals surface area contributed by atoms with E-state index < -0.39 is 24.3 Å². The number of nitrogens with zero attached hydrogens (tertiary/aromatic N) is 1. The van der Waals surface area contributed by atoms with Gasteiger partial charge in [0, 0.05) is 22.1 Å². The van der Waals surface area contributed by atoms with Crippen molar-refractivity contribution in [2.24, 2.45) is 0 Å². The van der Waals surface area contributed by atoms with E-state index in [2.05, 4.69) is 4.98 Å². The van der Waals surface area contributed by atoms with Crippen LogP contribution in [-0.2, 0) is 14.0 Å². The van der Waals surface area contributed by atoms with E-state index in [9.17, 15) is 4.79 Å². The van der Waals surface area contributed by atoms with Crippen molar-refractivity contribution in [3.05, 3.63) is 35.0 Å². The molecule has 1 aromatic carbocycles. The van der Waals surface area contributed by atoms with Gasteiger partial charge in [0.15, 0.2) is 0 Å². The molecule has 0 unspecified atom stereocenters. The fraction of sp³-hybridized carbons (Fsp3) is 0.412. The molecule has 0 amide bonds. The number of carbonyl (C=O) groups excluding carboxylic acids is 1. The van der Waals surface area contributed by atoms with Gasteiger partial charge in [-0.25, -0.2) is 4.79 Å². The van der Waals surface area contributed by atoms with Crippen molar-refractivity contribution in [3.63, 3.8) is 0 Å². The Morgan fingerprint density at radius 1 is 1.17 bits per heavy atom. The van der Waals surface area contributed by atoms with Gasteiger partial charge in [0.2, 0.25) is 0 Å². The summed E-state index contributed by atoms with van der Waals surface area (Å²) in [4.78, 5) is 16.3. The summed E-state index contributed by atoms with van der Waals surface area (Å²) in [6.07, 6.45) is 1.66. The highest BCUT2D eigenvalue weighted by Gasteiger charge is 2.51. The first kappa shape index (κ1) is 17.2. The van der Waals surface area contributed by atoms with Gasteiger partial charge in [-0.05, 0) is 39.8 Å². The zero-order chi connectivity index (χ0) is 17.7. The summed E-state index contributed by atoms with van der Waals surface area (Å²) in [6, 6.07) is 5.19. The Morgan fingerprint density at radius 3 is 2.38 bits per heavy atom. The molecule has 1 aliphatic rings. The molecule has 126 valence electrons. The van der Waals surface area contributed by atoms with E-state index in [0.717, 1.165) is 10.8 Å². The SMILES string of the molecule is COC(=O)c1cc(Cl)cc2cc(B3OC(C)(C)C(C)(C)O3)cnc12. The van der Waals surface area contributed by atoms with E-state index in [-0.39, 0.29) is 0 Å². The molecule has 0 atom stereocenters. The second kappa shape index (κ2) is 5.72. The number of fused-ring (bicyclic) bond motifs is 1. The number of pyridine rings is 1. The topological polar surface area (TPSA) is 57.7 Å². The molecule has 0 N–H and O–H groups in total. The molecular weight excluding hydrogens is 328 g/mol. The highest BCUT2D eigenvalue weighted by Crippen LogP contribution is 2.36. The van der Waals surface area contributed by atoms with Gasteiger partial charge in [0.25, 0.3) is 0 Å². The van der Waals surface area contributed by atoms with Crippen molar-refractivity contribution in [2.45, 2.75) is 38.9 Å². The third kappa shape index (κ3) is 2.79. The molecule has 1 saturated heterocycles. The maximum Gasteiger partial charge on any atom is 0.496 e. The summed E-state index contributed by atoms with van der Waals surface area (Å²) < 4.78 is 16.9. The second-order valence-corrected chi connectivity index (χ2v) is 7.31. The quantitative estimate of drug-likeness (QED) is 0.617. The van der Waals surface area contributed by atoms with E-state index in [0.29, 0.717) is 16.1 Å². The number of hydrogen-bond acceptors (Lipinski definition) is 5. The van der Waals surface area contributed by atoms with Crippen LogP contribution in [0.2, 0.25) is 5.02 Å². The molecule has 1 aliphatic heterocycles. The average molecular weight is 348 g/mol. The first-order valence-corrected chi connectivity index (χ1v) is 8.05. The molecular formula is C17H19BClNO4. The van der Waals surface area contributed by atoms with Gasteiger partial charge in [0.05, 0.1) is 29.4 Å². The third-order valence-corrected chi connectivity index (χ3v) is 4.92. The predicted octanol–water partition coefficient (Wildman–Crippen LogP) is 2.97. The van der Waals surface area contributed by atoms with Crippen LogP contribution in [-0.4, -0.2) is 36.4 Å². The Bertz CT molecular complexity index is 806. The number of carbonyl (C=O) groups is 1. The molecule has 0 radical (unpaired) electrons. The minimum atomic E-state index is -0.521. The number of ether oxygens (including phenoxy) is 1. The van der Waals surface area contributed by atoms with Crippen LogP contribution in [0.15, 0.2) is 24.4 Å². The zero-order valence-corrected chi connectivity index (χ0v) is 15.1. The maximum absolute atomic E-state index is 11.9. The summed E-state index contributed by atoms with van der Waals surface area (Å²) in [5.74, 6) is -0.474. The van der Waals surface area contributed by atoms with Crippen LogP contribution in [0.5, 0.6) is 0 Å². The lowest BCUT2D eigenvalue weighted by atomic mass is 9.79. The summed E-state index contributed by atoms with van der Waals surface area (Å²) in [7, 11) is 0.806. The first-order valence-electron chi connectivity index (χ1n) is 7.68. The highest BCUT2D eigenvalue weighted by atomic mass is 35.5. The summed E-state index contributed by atoms with van der Waals surface area (Å²) in [6.45, 7) is 7.98. The van der Waals surface area contributed by atoms with Crippen LogP contribution >= 0.6 is 11.6 Å². The summed E-state index contributed by atoms with van der Waals surface area (Å²) in [5, 5.41) is 1.17. The van der Waals surface area contributed by atoms with Crippen LogP contribution in [0.1, 0.15) is 38.1 Å². The number of methoxy groups -OCH3 is 1. The lowest BCUT2D eigenvalue weighted by Gasteiger charge is -2.32. The number of hydrogen-bond donors (Lipinski definition) is 0. The summed E-state index contributed by atoms with van der Waals surface area (Å²) >= 11 is 6.13. The molecule has 5 nitrogen and oxygen atoms in total. The largest absolute Gasteiger partial charge is 0.496 e. The standard InChI is InChI=1S/C17H19BClNO4/c1-16(2)17(3,4)24-18(23-16)11-6-10-7-12(19)8-13(15(21)22-5)14(10)20-9-11/h6-9H,1-5H3. The monoisotopic (exact) mass is 347 g/mol. The minimum absolute atomic E-state index is 0.334. The van der Waals surface area contributed by atoms with E-state index in [1.807, 2.05) is 33.8 Å². The molecule has 2 heterocycles. The second-order valence-electron chi connectivity index (χ2n) is 6.87. The molecule has 0 spiro atoms. The first-order chi connectivity index (χ1) is 11.1. The van der Waals surface area contributed by atoms with Gasteiger partial charge in [-0.1, -0.05) is 17.7 Å². The van der Waals surface area contributed by atoms with Crippen LogP contribution in [0, 0.1) is 0 Å². The minimum Gasteiger partial charge on any atom is -0.465 e. The Morgan fingerprint density at radius 2 is 1.79 bits per heavy atom. The average Bonchev–Trinajstić information content (AvgIpc) is 2.73. The zero-order valence-electron chi connectivity index (χ0n) is 14.3. The molecule has 0 bridgehead atoms. The van der Waals surface area contributed by atoms with E-state index in [4.69, 9.17) is 25.6 Å². The Hall–Kier alpha value is -1.63. The van der Waals surface area contributed by atoms with Crippen molar-refractivity contribution in [1.29, 1.82) is 0 Å². The molecule has 2 aromatic rings. The maximum atomic E-state index is 11.9. The molecule has 0 saturated carbocycles. The van der Waals surface area contributed by atoms with Crippen molar-refractivity contribution in [2.75, 3.05) is 7.11 Å². The van der Waals surface area contributed by atoms with Gasteiger partial charge in [0.1, 0.15) is 0 Å². The fourth-order valence-electron chi connectivity index (χ4n) is 2.60. The molecule has 1 fully saturated rings. The summed E-state index contributed by atoms with van der Waals surface area (Å²) in [5.41, 5.74) is 0.780. The Balaban J connectivity index is 2.06. The van der Waals surface area contributed by atoms with Gasteiger partial charge < -0.3 is 14.0 Å². The predicted molar refractivity (Wildman–Crippen MR) is 93.8 cm³/mol. The molecule has 1 aromatic heterocycles. The van der Waals surface area contributed by atoms with Crippen LogP contribution < -0.4 is 5.46 Å². The van der Waals surface area contributed by atoms with Crippen molar-refractivity contribution >= 4 is 41.1 Å². The van der Waals surface area contributed by atoms with E-state index in [1.54, 1.807) is 18.3 Å². The van der Waals surface area contributed by atoms with Crippen molar-refractivity contribution in [1.82, 2.24) is 4.98 Å².